The Morgan fingerprint density at radius 3 is 2.76 bits per heavy atom. The van der Waals surface area contributed by atoms with E-state index in [1.54, 1.807) is 17.4 Å². The van der Waals surface area contributed by atoms with Crippen molar-refractivity contribution in [2.75, 3.05) is 13.1 Å². The Bertz CT molecular complexity index is 794. The molecule has 21 heavy (non-hydrogen) atoms. The van der Waals surface area contributed by atoms with Gasteiger partial charge in [0, 0.05) is 35.3 Å². The van der Waals surface area contributed by atoms with Crippen LogP contribution in [0.25, 0.3) is 0 Å². The van der Waals surface area contributed by atoms with Crippen LogP contribution in [0, 0.1) is 6.92 Å². The van der Waals surface area contributed by atoms with E-state index in [9.17, 15) is 8.42 Å². The summed E-state index contributed by atoms with van der Waals surface area (Å²) < 4.78 is 25.3. The van der Waals surface area contributed by atoms with Crippen molar-refractivity contribution in [2.24, 2.45) is 0 Å². The molecule has 0 unspecified atom stereocenters. The lowest BCUT2D eigenvalue weighted by Gasteiger charge is -2.16. The molecule has 5 heteroatoms. The first-order chi connectivity index (χ1) is 10.1. The maximum atomic E-state index is 12.6. The highest BCUT2D eigenvalue weighted by molar-refractivity contribution is 7.92. The molecule has 2 aliphatic rings. The standard InChI is InChI=1S/C16H17NO2S2/c1-11-6-7-12(20-11)8-17-9-14-13-4-2-3-5-15(13)21(18,19)16(14)10-17/h2-7,14,16H,8-10H2,1H3/t14-,16-/m1/s1. The Hall–Kier alpha value is -1.17. The first-order valence-corrected chi connectivity index (χ1v) is 9.52. The summed E-state index contributed by atoms with van der Waals surface area (Å²) in [6.45, 7) is 4.47. The molecule has 2 aliphatic heterocycles. The van der Waals surface area contributed by atoms with Gasteiger partial charge in [0.15, 0.2) is 9.84 Å². The van der Waals surface area contributed by atoms with Crippen LogP contribution in [0.4, 0.5) is 0 Å². The molecule has 0 radical (unpaired) electrons. The van der Waals surface area contributed by atoms with Gasteiger partial charge in [0.2, 0.25) is 0 Å². The molecule has 0 bridgehead atoms. The van der Waals surface area contributed by atoms with E-state index in [0.717, 1.165) is 18.7 Å². The van der Waals surface area contributed by atoms with Crippen LogP contribution >= 0.6 is 11.3 Å². The maximum Gasteiger partial charge on any atom is 0.183 e. The summed E-state index contributed by atoms with van der Waals surface area (Å²) >= 11 is 1.80. The molecule has 4 rings (SSSR count). The lowest BCUT2D eigenvalue weighted by molar-refractivity contribution is 0.328. The molecule has 0 spiro atoms. The van der Waals surface area contributed by atoms with Crippen molar-refractivity contribution in [3.63, 3.8) is 0 Å². The Balaban J connectivity index is 1.62. The minimum atomic E-state index is -3.14. The Morgan fingerprint density at radius 2 is 2.00 bits per heavy atom. The lowest BCUT2D eigenvalue weighted by Crippen LogP contribution is -2.25. The van der Waals surface area contributed by atoms with E-state index in [1.807, 2.05) is 18.2 Å². The number of benzene rings is 1. The molecule has 1 fully saturated rings. The first kappa shape index (κ1) is 13.5. The summed E-state index contributed by atoms with van der Waals surface area (Å²) in [7, 11) is -3.14. The summed E-state index contributed by atoms with van der Waals surface area (Å²) in [5.74, 6) is 0.146. The molecular formula is C16H17NO2S2. The average molecular weight is 319 g/mol. The topological polar surface area (TPSA) is 37.4 Å². The number of thiophene rings is 1. The predicted molar refractivity (Wildman–Crippen MR) is 84.5 cm³/mol. The first-order valence-electron chi connectivity index (χ1n) is 7.16. The van der Waals surface area contributed by atoms with Gasteiger partial charge >= 0.3 is 0 Å². The van der Waals surface area contributed by atoms with Gasteiger partial charge in [-0.2, -0.15) is 0 Å². The predicted octanol–water partition coefficient (Wildman–Crippen LogP) is 2.81. The fourth-order valence-corrected chi connectivity index (χ4v) is 6.74. The highest BCUT2D eigenvalue weighted by Crippen LogP contribution is 2.44. The number of nitrogens with zero attached hydrogens (tertiary/aromatic N) is 1. The SMILES string of the molecule is Cc1ccc(CN2C[C@@H]3c4ccccc4S(=O)(=O)[C@@H]3C2)s1. The van der Waals surface area contributed by atoms with Gasteiger partial charge in [-0.25, -0.2) is 8.42 Å². The van der Waals surface area contributed by atoms with Gasteiger partial charge in [0.25, 0.3) is 0 Å². The molecule has 1 aromatic heterocycles. The number of aryl methyl sites for hydroxylation is 1. The highest BCUT2D eigenvalue weighted by Gasteiger charge is 2.49. The molecule has 2 aromatic rings. The molecule has 3 heterocycles. The van der Waals surface area contributed by atoms with E-state index in [0.29, 0.717) is 11.4 Å². The van der Waals surface area contributed by atoms with Gasteiger partial charge in [0.1, 0.15) is 0 Å². The van der Waals surface area contributed by atoms with Crippen molar-refractivity contribution in [1.29, 1.82) is 0 Å². The number of fused-ring (bicyclic) bond motifs is 3. The third kappa shape index (κ3) is 2.06. The number of hydrogen-bond acceptors (Lipinski definition) is 4. The van der Waals surface area contributed by atoms with Gasteiger partial charge in [-0.1, -0.05) is 18.2 Å². The zero-order chi connectivity index (χ0) is 14.6. The molecule has 0 saturated carbocycles. The minimum absolute atomic E-state index is 0.146. The molecular weight excluding hydrogens is 302 g/mol. The smallest absolute Gasteiger partial charge is 0.183 e. The van der Waals surface area contributed by atoms with Gasteiger partial charge in [-0.15, -0.1) is 11.3 Å². The highest BCUT2D eigenvalue weighted by atomic mass is 32.2. The largest absolute Gasteiger partial charge is 0.296 e. The maximum absolute atomic E-state index is 12.6. The molecule has 0 amide bonds. The summed E-state index contributed by atoms with van der Waals surface area (Å²) in [4.78, 5) is 5.47. The van der Waals surface area contributed by atoms with E-state index in [1.165, 1.54) is 9.75 Å². The second kappa shape index (κ2) is 4.66. The zero-order valence-electron chi connectivity index (χ0n) is 11.8. The molecule has 0 aliphatic carbocycles. The Kier molecular flexibility index (Phi) is 3.00. The van der Waals surface area contributed by atoms with Crippen molar-refractivity contribution in [2.45, 2.75) is 29.5 Å². The monoisotopic (exact) mass is 319 g/mol. The molecule has 1 saturated heterocycles. The Morgan fingerprint density at radius 1 is 1.19 bits per heavy atom. The van der Waals surface area contributed by atoms with Crippen LogP contribution in [-0.2, 0) is 16.4 Å². The van der Waals surface area contributed by atoms with Gasteiger partial charge in [0.05, 0.1) is 10.1 Å². The van der Waals surface area contributed by atoms with Gasteiger partial charge in [-0.05, 0) is 30.7 Å². The molecule has 2 atom stereocenters. The van der Waals surface area contributed by atoms with E-state index >= 15 is 0 Å². The quantitative estimate of drug-likeness (QED) is 0.854. The van der Waals surface area contributed by atoms with E-state index in [2.05, 4.69) is 24.0 Å². The number of rotatable bonds is 2. The summed E-state index contributed by atoms with van der Waals surface area (Å²) in [5, 5.41) is -0.254. The number of hydrogen-bond donors (Lipinski definition) is 0. The fraction of sp³-hybridized carbons (Fsp3) is 0.375. The molecule has 3 nitrogen and oxygen atoms in total. The van der Waals surface area contributed by atoms with Crippen LogP contribution in [0.2, 0.25) is 0 Å². The van der Waals surface area contributed by atoms with Crippen LogP contribution in [0.1, 0.15) is 21.2 Å². The lowest BCUT2D eigenvalue weighted by atomic mass is 9.99. The van der Waals surface area contributed by atoms with Crippen molar-refractivity contribution in [1.82, 2.24) is 4.90 Å². The van der Waals surface area contributed by atoms with Gasteiger partial charge in [-0.3, -0.25) is 4.90 Å². The van der Waals surface area contributed by atoms with Crippen molar-refractivity contribution in [3.05, 3.63) is 51.7 Å². The molecule has 1 aromatic carbocycles. The fourth-order valence-electron chi connectivity index (χ4n) is 3.59. The van der Waals surface area contributed by atoms with Crippen LogP contribution in [0.15, 0.2) is 41.3 Å². The minimum Gasteiger partial charge on any atom is -0.296 e. The molecule has 110 valence electrons. The summed E-state index contributed by atoms with van der Waals surface area (Å²) in [6.07, 6.45) is 0. The van der Waals surface area contributed by atoms with E-state index in [-0.39, 0.29) is 11.2 Å². The van der Waals surface area contributed by atoms with Crippen LogP contribution in [0.5, 0.6) is 0 Å². The van der Waals surface area contributed by atoms with Gasteiger partial charge < -0.3 is 0 Å². The zero-order valence-corrected chi connectivity index (χ0v) is 13.5. The normalized spacial score (nSPS) is 26.7. The average Bonchev–Trinajstić information content (AvgIpc) is 3.10. The molecule has 0 N–H and O–H groups in total. The van der Waals surface area contributed by atoms with Crippen LogP contribution in [-0.4, -0.2) is 31.7 Å². The van der Waals surface area contributed by atoms with Crippen LogP contribution < -0.4 is 0 Å². The van der Waals surface area contributed by atoms with E-state index in [4.69, 9.17) is 0 Å². The number of sulfone groups is 1. The third-order valence-corrected chi connectivity index (χ3v) is 7.79. The second-order valence-corrected chi connectivity index (χ2v) is 9.44. The van der Waals surface area contributed by atoms with Crippen molar-refractivity contribution in [3.8, 4) is 0 Å². The van der Waals surface area contributed by atoms with Crippen molar-refractivity contribution >= 4 is 21.2 Å². The second-order valence-electron chi connectivity index (χ2n) is 5.93. The van der Waals surface area contributed by atoms with E-state index < -0.39 is 9.84 Å². The third-order valence-electron chi connectivity index (χ3n) is 4.54. The van der Waals surface area contributed by atoms with Crippen molar-refractivity contribution < 1.29 is 8.42 Å². The summed E-state index contributed by atoms with van der Waals surface area (Å²) in [5.41, 5.74) is 1.02. The van der Waals surface area contributed by atoms with Crippen LogP contribution in [0.3, 0.4) is 0 Å². The summed E-state index contributed by atoms with van der Waals surface area (Å²) in [6, 6.07) is 11.8. The Labute approximate surface area is 129 Å². The number of likely N-dealkylation sites (tertiary alicyclic amines) is 1.